The molecule has 1 unspecified atom stereocenters. The smallest absolute Gasteiger partial charge is 0.191 e. The van der Waals surface area contributed by atoms with E-state index in [1.54, 1.807) is 6.07 Å². The zero-order valence-electron chi connectivity index (χ0n) is 11.1. The molecule has 0 aliphatic carbocycles. The third kappa shape index (κ3) is 4.09. The molecule has 1 saturated heterocycles. The van der Waals surface area contributed by atoms with Crippen LogP contribution in [0.15, 0.2) is 17.1 Å². The molecule has 106 valence electrons. The van der Waals surface area contributed by atoms with Crippen LogP contribution in [0.2, 0.25) is 4.34 Å². The average molecular weight is 302 g/mol. The van der Waals surface area contributed by atoms with Gasteiger partial charge in [-0.15, -0.1) is 11.3 Å². The average Bonchev–Trinajstić information content (AvgIpc) is 2.83. The Labute approximate surface area is 122 Å². The van der Waals surface area contributed by atoms with Gasteiger partial charge in [0, 0.05) is 18.0 Å². The molecule has 0 radical (unpaired) electrons. The normalized spacial score (nSPS) is 19.7. The fourth-order valence-electron chi connectivity index (χ4n) is 2.12. The van der Waals surface area contributed by atoms with Crippen molar-refractivity contribution in [2.45, 2.75) is 25.9 Å². The predicted octanol–water partition coefficient (Wildman–Crippen LogP) is 2.48. The molecule has 3 N–H and O–H groups in total. The molecule has 0 amide bonds. The number of piperidine rings is 1. The van der Waals surface area contributed by atoms with Crippen molar-refractivity contribution in [3.8, 4) is 0 Å². The van der Waals surface area contributed by atoms with Crippen molar-refractivity contribution in [2.75, 3.05) is 19.6 Å². The van der Waals surface area contributed by atoms with Crippen molar-refractivity contribution >= 4 is 28.9 Å². The summed E-state index contributed by atoms with van der Waals surface area (Å²) in [6.07, 6.45) is 1.68. The third-order valence-corrected chi connectivity index (χ3v) is 4.79. The molecule has 1 aromatic rings. The van der Waals surface area contributed by atoms with E-state index in [1.165, 1.54) is 11.3 Å². The minimum atomic E-state index is -0.625. The quantitative estimate of drug-likeness (QED) is 0.666. The first-order chi connectivity index (χ1) is 9.06. The molecule has 2 heterocycles. The van der Waals surface area contributed by atoms with E-state index >= 15 is 0 Å². The Balaban J connectivity index is 1.87. The number of likely N-dealkylation sites (tertiary alicyclic amines) is 1. The molecule has 1 aromatic heterocycles. The molecule has 1 atom stereocenters. The van der Waals surface area contributed by atoms with Crippen LogP contribution in [0.25, 0.3) is 0 Å². The van der Waals surface area contributed by atoms with E-state index in [9.17, 15) is 5.11 Å². The topological polar surface area (TPSA) is 61.8 Å². The zero-order chi connectivity index (χ0) is 13.8. The van der Waals surface area contributed by atoms with Crippen LogP contribution in [0.1, 0.15) is 30.7 Å². The highest BCUT2D eigenvalue weighted by Crippen LogP contribution is 2.27. The van der Waals surface area contributed by atoms with E-state index in [1.807, 2.05) is 6.07 Å². The van der Waals surface area contributed by atoms with Gasteiger partial charge in [-0.3, -0.25) is 4.99 Å². The summed E-state index contributed by atoms with van der Waals surface area (Å²) in [7, 11) is 0. The van der Waals surface area contributed by atoms with Gasteiger partial charge in [0.05, 0.1) is 10.9 Å². The first kappa shape index (κ1) is 14.6. The maximum atomic E-state index is 9.99. The molecule has 19 heavy (non-hydrogen) atoms. The Bertz CT molecular complexity index is 441. The van der Waals surface area contributed by atoms with Crippen molar-refractivity contribution < 1.29 is 5.11 Å². The lowest BCUT2D eigenvalue weighted by atomic mass is 10.00. The molecule has 2 rings (SSSR count). The Morgan fingerprint density at radius 1 is 1.58 bits per heavy atom. The van der Waals surface area contributed by atoms with Gasteiger partial charge in [-0.05, 0) is 30.9 Å². The van der Waals surface area contributed by atoms with Gasteiger partial charge in [-0.2, -0.15) is 0 Å². The monoisotopic (exact) mass is 301 g/mol. The van der Waals surface area contributed by atoms with Gasteiger partial charge in [-0.25, -0.2) is 0 Å². The Morgan fingerprint density at radius 3 is 2.84 bits per heavy atom. The maximum Gasteiger partial charge on any atom is 0.191 e. The van der Waals surface area contributed by atoms with E-state index in [2.05, 4.69) is 16.8 Å². The highest BCUT2D eigenvalue weighted by molar-refractivity contribution is 7.16. The van der Waals surface area contributed by atoms with Gasteiger partial charge < -0.3 is 15.7 Å². The summed E-state index contributed by atoms with van der Waals surface area (Å²) in [5.74, 6) is 1.30. The number of aliphatic hydroxyl groups excluding tert-OH is 1. The first-order valence-electron chi connectivity index (χ1n) is 6.54. The van der Waals surface area contributed by atoms with Crippen LogP contribution < -0.4 is 5.73 Å². The standard InChI is InChI=1S/C13H20ClN3OS/c1-9-4-6-17(7-5-9)13(15)16-8-10(18)11-2-3-12(14)19-11/h2-3,9-10,18H,4-8H2,1H3,(H2,15,16). The molecule has 4 nitrogen and oxygen atoms in total. The van der Waals surface area contributed by atoms with Crippen LogP contribution in [0.3, 0.4) is 0 Å². The summed E-state index contributed by atoms with van der Waals surface area (Å²) in [4.78, 5) is 7.21. The van der Waals surface area contributed by atoms with Gasteiger partial charge >= 0.3 is 0 Å². The minimum absolute atomic E-state index is 0.286. The van der Waals surface area contributed by atoms with Crippen LogP contribution in [0.4, 0.5) is 0 Å². The SMILES string of the molecule is CC1CCN(C(N)=NCC(O)c2ccc(Cl)s2)CC1. The fraction of sp³-hybridized carbons (Fsp3) is 0.615. The first-order valence-corrected chi connectivity index (χ1v) is 7.74. The minimum Gasteiger partial charge on any atom is -0.386 e. The number of nitrogens with zero attached hydrogens (tertiary/aromatic N) is 2. The molecule has 0 bridgehead atoms. The van der Waals surface area contributed by atoms with Crippen LogP contribution in [-0.2, 0) is 0 Å². The predicted molar refractivity (Wildman–Crippen MR) is 80.7 cm³/mol. The highest BCUT2D eigenvalue weighted by Gasteiger charge is 2.17. The number of rotatable bonds is 3. The number of hydrogen-bond acceptors (Lipinski definition) is 3. The maximum absolute atomic E-state index is 9.99. The Morgan fingerprint density at radius 2 is 2.26 bits per heavy atom. The van der Waals surface area contributed by atoms with Crippen LogP contribution >= 0.6 is 22.9 Å². The number of aliphatic hydroxyl groups is 1. The number of hydrogen-bond donors (Lipinski definition) is 2. The molecule has 1 aliphatic rings. The molecule has 0 spiro atoms. The van der Waals surface area contributed by atoms with Gasteiger partial charge in [0.25, 0.3) is 0 Å². The van der Waals surface area contributed by atoms with E-state index in [4.69, 9.17) is 17.3 Å². The molecule has 6 heteroatoms. The Hall–Kier alpha value is -0.780. The Kier molecular flexibility index (Phi) is 5.07. The van der Waals surface area contributed by atoms with E-state index in [0.29, 0.717) is 10.3 Å². The fourth-order valence-corrected chi connectivity index (χ4v) is 3.15. The summed E-state index contributed by atoms with van der Waals surface area (Å²) in [5, 5.41) is 9.99. The van der Waals surface area contributed by atoms with Gasteiger partial charge in [0.1, 0.15) is 6.10 Å². The highest BCUT2D eigenvalue weighted by atomic mass is 35.5. The van der Waals surface area contributed by atoms with Gasteiger partial charge in [0.2, 0.25) is 0 Å². The summed E-state index contributed by atoms with van der Waals surface area (Å²) < 4.78 is 0.677. The molecule has 0 saturated carbocycles. The van der Waals surface area contributed by atoms with Gasteiger partial charge in [0.15, 0.2) is 5.96 Å². The van der Waals surface area contributed by atoms with Crippen LogP contribution in [-0.4, -0.2) is 35.6 Å². The van der Waals surface area contributed by atoms with Crippen molar-refractivity contribution in [1.29, 1.82) is 0 Å². The summed E-state index contributed by atoms with van der Waals surface area (Å²) in [5.41, 5.74) is 5.97. The molecule has 1 fully saturated rings. The lowest BCUT2D eigenvalue weighted by molar-refractivity contribution is 0.190. The second-order valence-corrected chi connectivity index (χ2v) is 6.77. The van der Waals surface area contributed by atoms with Crippen molar-refractivity contribution in [2.24, 2.45) is 16.6 Å². The van der Waals surface area contributed by atoms with Crippen LogP contribution in [0.5, 0.6) is 0 Å². The van der Waals surface area contributed by atoms with E-state index < -0.39 is 6.10 Å². The summed E-state index contributed by atoms with van der Waals surface area (Å²) >= 11 is 7.22. The van der Waals surface area contributed by atoms with E-state index in [-0.39, 0.29) is 6.54 Å². The lowest BCUT2D eigenvalue weighted by Gasteiger charge is -2.31. The molecule has 1 aliphatic heterocycles. The third-order valence-electron chi connectivity index (χ3n) is 3.46. The van der Waals surface area contributed by atoms with E-state index in [0.717, 1.165) is 36.7 Å². The van der Waals surface area contributed by atoms with Crippen molar-refractivity contribution in [3.05, 3.63) is 21.3 Å². The van der Waals surface area contributed by atoms with Crippen molar-refractivity contribution in [3.63, 3.8) is 0 Å². The number of aliphatic imine (C=N–C) groups is 1. The molecular weight excluding hydrogens is 282 g/mol. The number of guanidine groups is 1. The van der Waals surface area contributed by atoms with Crippen molar-refractivity contribution in [1.82, 2.24) is 4.90 Å². The zero-order valence-corrected chi connectivity index (χ0v) is 12.6. The number of nitrogens with two attached hydrogens (primary N) is 1. The number of thiophene rings is 1. The largest absolute Gasteiger partial charge is 0.386 e. The van der Waals surface area contributed by atoms with Gasteiger partial charge in [-0.1, -0.05) is 18.5 Å². The lowest BCUT2D eigenvalue weighted by Crippen LogP contribution is -2.42. The number of halogens is 1. The summed E-state index contributed by atoms with van der Waals surface area (Å²) in [6.45, 7) is 4.46. The molecule has 0 aromatic carbocycles. The van der Waals surface area contributed by atoms with Crippen LogP contribution in [0, 0.1) is 5.92 Å². The summed E-state index contributed by atoms with van der Waals surface area (Å²) in [6, 6.07) is 3.61. The second-order valence-electron chi connectivity index (χ2n) is 5.03. The molecular formula is C13H20ClN3OS. The second kappa shape index (κ2) is 6.59.